The average molecular weight is 483 g/mol. The summed E-state index contributed by atoms with van der Waals surface area (Å²) in [7, 11) is 0. The Morgan fingerprint density at radius 3 is 2.31 bits per heavy atom. The SMILES string of the molecule is c1cc2c3c(cccc3c1)-c1cc(-c3ccc(-c4cccc5c4oc4ccccc45)s3)ccc1S2. The van der Waals surface area contributed by atoms with Crippen molar-refractivity contribution in [3.63, 3.8) is 0 Å². The molecule has 0 radical (unpaired) electrons. The molecule has 0 bridgehead atoms. The molecule has 0 amide bonds. The normalized spacial score (nSPS) is 12.5. The van der Waals surface area contributed by atoms with E-state index in [-0.39, 0.29) is 0 Å². The minimum atomic E-state index is 0.938. The van der Waals surface area contributed by atoms with Crippen LogP contribution in [0.4, 0.5) is 0 Å². The van der Waals surface area contributed by atoms with E-state index in [9.17, 15) is 0 Å². The number of para-hydroxylation sites is 2. The van der Waals surface area contributed by atoms with Crippen LogP contribution in [0.15, 0.2) is 123 Å². The van der Waals surface area contributed by atoms with Gasteiger partial charge in [0.1, 0.15) is 11.2 Å². The Kier molecular flexibility index (Phi) is 4.10. The van der Waals surface area contributed by atoms with Crippen molar-refractivity contribution in [3.05, 3.63) is 109 Å². The second kappa shape index (κ2) is 7.35. The maximum Gasteiger partial charge on any atom is 0.144 e. The van der Waals surface area contributed by atoms with Crippen LogP contribution in [0.3, 0.4) is 0 Å². The van der Waals surface area contributed by atoms with Crippen molar-refractivity contribution in [3.8, 4) is 32.0 Å². The fourth-order valence-electron chi connectivity index (χ4n) is 5.30. The van der Waals surface area contributed by atoms with E-state index in [0.717, 1.165) is 16.7 Å². The summed E-state index contributed by atoms with van der Waals surface area (Å²) in [5.41, 5.74) is 6.97. The summed E-state index contributed by atoms with van der Waals surface area (Å²) >= 11 is 3.70. The number of hydrogen-bond acceptors (Lipinski definition) is 3. The van der Waals surface area contributed by atoms with Crippen molar-refractivity contribution in [2.24, 2.45) is 0 Å². The van der Waals surface area contributed by atoms with E-state index < -0.39 is 0 Å². The third-order valence-corrected chi connectivity index (χ3v) is 9.22. The number of hydrogen-bond donors (Lipinski definition) is 0. The van der Waals surface area contributed by atoms with Gasteiger partial charge in [0.15, 0.2) is 0 Å². The number of furan rings is 1. The Balaban J connectivity index is 1.26. The van der Waals surface area contributed by atoms with E-state index in [1.165, 1.54) is 57.8 Å². The Morgan fingerprint density at radius 1 is 0.543 bits per heavy atom. The Labute approximate surface area is 210 Å². The lowest BCUT2D eigenvalue weighted by Crippen LogP contribution is -1.93. The van der Waals surface area contributed by atoms with E-state index in [2.05, 4.69) is 97.1 Å². The van der Waals surface area contributed by atoms with Crippen LogP contribution in [0.25, 0.3) is 64.7 Å². The molecule has 0 spiro atoms. The van der Waals surface area contributed by atoms with Gasteiger partial charge >= 0.3 is 0 Å². The monoisotopic (exact) mass is 482 g/mol. The summed E-state index contributed by atoms with van der Waals surface area (Å²) in [6.45, 7) is 0. The van der Waals surface area contributed by atoms with Crippen molar-refractivity contribution in [1.82, 2.24) is 0 Å². The first-order valence-electron chi connectivity index (χ1n) is 11.7. The van der Waals surface area contributed by atoms with Gasteiger partial charge in [0.25, 0.3) is 0 Å². The summed E-state index contributed by atoms with van der Waals surface area (Å²) in [5, 5.41) is 5.02. The van der Waals surface area contributed by atoms with Crippen LogP contribution >= 0.6 is 23.1 Å². The summed E-state index contributed by atoms with van der Waals surface area (Å²) < 4.78 is 6.30. The van der Waals surface area contributed by atoms with Gasteiger partial charge in [0.05, 0.1) is 0 Å². The molecule has 1 aliphatic rings. The van der Waals surface area contributed by atoms with Gasteiger partial charge in [-0.3, -0.25) is 0 Å². The molecule has 0 saturated carbocycles. The molecule has 8 rings (SSSR count). The summed E-state index contributed by atoms with van der Waals surface area (Å²) in [6, 6.07) is 39.4. The number of benzene rings is 5. The van der Waals surface area contributed by atoms with E-state index in [4.69, 9.17) is 4.42 Å². The van der Waals surface area contributed by atoms with Crippen molar-refractivity contribution in [2.75, 3.05) is 0 Å². The molecule has 0 fully saturated rings. The maximum absolute atomic E-state index is 6.30. The summed E-state index contributed by atoms with van der Waals surface area (Å²) in [4.78, 5) is 5.16. The average Bonchev–Trinajstić information content (AvgIpc) is 3.54. The quantitative estimate of drug-likeness (QED) is 0.243. The maximum atomic E-state index is 6.30. The van der Waals surface area contributed by atoms with Crippen LogP contribution in [0.2, 0.25) is 0 Å². The van der Waals surface area contributed by atoms with E-state index in [0.29, 0.717) is 0 Å². The molecule has 0 N–H and O–H groups in total. The smallest absolute Gasteiger partial charge is 0.144 e. The molecule has 164 valence electrons. The first kappa shape index (κ1) is 19.5. The van der Waals surface area contributed by atoms with Crippen LogP contribution in [0.1, 0.15) is 0 Å². The van der Waals surface area contributed by atoms with Gasteiger partial charge in [0, 0.05) is 41.3 Å². The zero-order chi connectivity index (χ0) is 22.9. The highest BCUT2D eigenvalue weighted by Crippen LogP contribution is 2.49. The third kappa shape index (κ3) is 2.89. The van der Waals surface area contributed by atoms with E-state index in [1.807, 2.05) is 35.2 Å². The number of thiophene rings is 1. The largest absolute Gasteiger partial charge is 0.455 e. The topological polar surface area (TPSA) is 13.1 Å². The summed E-state index contributed by atoms with van der Waals surface area (Å²) in [5.74, 6) is 0. The molecule has 0 atom stereocenters. The Hall–Kier alpha value is -3.79. The second-order valence-electron chi connectivity index (χ2n) is 8.92. The van der Waals surface area contributed by atoms with Crippen LogP contribution in [0, 0.1) is 0 Å². The zero-order valence-corrected chi connectivity index (χ0v) is 20.3. The van der Waals surface area contributed by atoms with E-state index in [1.54, 1.807) is 0 Å². The molecule has 1 nitrogen and oxygen atoms in total. The molecule has 7 aromatic rings. The lowest BCUT2D eigenvalue weighted by Gasteiger charge is -2.20. The van der Waals surface area contributed by atoms with Gasteiger partial charge < -0.3 is 4.42 Å². The lowest BCUT2D eigenvalue weighted by molar-refractivity contribution is 0.670. The predicted octanol–water partition coefficient (Wildman–Crippen LogP) is 10.3. The molecule has 35 heavy (non-hydrogen) atoms. The molecule has 3 heteroatoms. The van der Waals surface area contributed by atoms with Crippen LogP contribution in [0.5, 0.6) is 0 Å². The Bertz CT molecular complexity index is 1930. The molecule has 1 aliphatic heterocycles. The van der Waals surface area contributed by atoms with Crippen molar-refractivity contribution in [2.45, 2.75) is 9.79 Å². The standard InChI is InChI=1S/C32H18OS2/c1-2-12-26-21(8-1)23-10-5-11-24(32(23)33-26)28-17-16-27(34-28)20-14-15-29-25(18-20)22-9-3-6-19-7-4-13-30(35-29)31(19)22/h1-18H. The van der Waals surface area contributed by atoms with Crippen molar-refractivity contribution in [1.29, 1.82) is 0 Å². The Morgan fingerprint density at radius 2 is 1.34 bits per heavy atom. The van der Waals surface area contributed by atoms with Gasteiger partial charge in [-0.1, -0.05) is 78.5 Å². The fraction of sp³-hybridized carbons (Fsp3) is 0. The van der Waals surface area contributed by atoms with E-state index >= 15 is 0 Å². The molecule has 3 heterocycles. The highest BCUT2D eigenvalue weighted by atomic mass is 32.2. The minimum absolute atomic E-state index is 0.938. The van der Waals surface area contributed by atoms with Gasteiger partial charge in [0.2, 0.25) is 0 Å². The molecule has 0 unspecified atom stereocenters. The van der Waals surface area contributed by atoms with Gasteiger partial charge in [-0.05, 0) is 64.5 Å². The van der Waals surface area contributed by atoms with Gasteiger partial charge in [-0.25, -0.2) is 0 Å². The number of rotatable bonds is 2. The highest BCUT2D eigenvalue weighted by Gasteiger charge is 2.20. The zero-order valence-electron chi connectivity index (χ0n) is 18.6. The molecular formula is C32H18OS2. The second-order valence-corrected chi connectivity index (χ2v) is 11.1. The highest BCUT2D eigenvalue weighted by molar-refractivity contribution is 7.99. The van der Waals surface area contributed by atoms with Gasteiger partial charge in [-0.15, -0.1) is 11.3 Å². The minimum Gasteiger partial charge on any atom is -0.455 e. The van der Waals surface area contributed by atoms with Crippen LogP contribution < -0.4 is 0 Å². The lowest BCUT2D eigenvalue weighted by atomic mass is 9.96. The molecule has 0 aliphatic carbocycles. The first-order chi connectivity index (χ1) is 17.3. The molecular weight excluding hydrogens is 464 g/mol. The van der Waals surface area contributed by atoms with Crippen molar-refractivity contribution >= 4 is 55.8 Å². The third-order valence-electron chi connectivity index (χ3n) is 6.92. The van der Waals surface area contributed by atoms with Gasteiger partial charge in [-0.2, -0.15) is 0 Å². The van der Waals surface area contributed by atoms with Crippen LogP contribution in [-0.2, 0) is 0 Å². The molecule has 5 aromatic carbocycles. The summed E-state index contributed by atoms with van der Waals surface area (Å²) in [6.07, 6.45) is 0. The first-order valence-corrected chi connectivity index (χ1v) is 13.3. The van der Waals surface area contributed by atoms with Crippen LogP contribution in [-0.4, -0.2) is 0 Å². The molecule has 0 saturated heterocycles. The predicted molar refractivity (Wildman–Crippen MR) is 150 cm³/mol. The fourth-order valence-corrected chi connectivity index (χ4v) is 7.45. The number of fused-ring (bicyclic) bond motifs is 5. The molecule has 2 aromatic heterocycles. The van der Waals surface area contributed by atoms with Crippen molar-refractivity contribution < 1.29 is 4.42 Å².